The molecule has 3 aromatic rings. The Labute approximate surface area is 310 Å². The van der Waals surface area contributed by atoms with Crippen LogP contribution >= 0.6 is 0 Å². The van der Waals surface area contributed by atoms with Crippen LogP contribution in [0, 0.1) is 49.6 Å². The number of likely N-dealkylation sites (tertiary alicyclic amines) is 1. The number of aromatic nitrogens is 1. The van der Waals surface area contributed by atoms with Gasteiger partial charge in [-0.1, -0.05) is 32.6 Å². The van der Waals surface area contributed by atoms with Crippen molar-refractivity contribution in [1.82, 2.24) is 14.8 Å². The summed E-state index contributed by atoms with van der Waals surface area (Å²) in [4.78, 5) is 42.2. The molecule has 2 aromatic carbocycles. The van der Waals surface area contributed by atoms with Crippen LogP contribution in [-0.4, -0.2) is 45.6 Å². The third kappa shape index (κ3) is 8.70. The van der Waals surface area contributed by atoms with E-state index in [0.29, 0.717) is 38.0 Å². The topological polar surface area (TPSA) is 91.6 Å². The van der Waals surface area contributed by atoms with Gasteiger partial charge in [-0.15, -0.1) is 6.42 Å². The molecule has 1 aliphatic heterocycles. The van der Waals surface area contributed by atoms with E-state index in [1.807, 2.05) is 0 Å². The molecule has 7 nitrogen and oxygen atoms in total. The van der Waals surface area contributed by atoms with E-state index in [1.165, 1.54) is 13.8 Å². The molecule has 2 aliphatic rings. The summed E-state index contributed by atoms with van der Waals surface area (Å²) in [6.07, 6.45) is 5.86. The predicted molar refractivity (Wildman–Crippen MR) is 192 cm³/mol. The second-order valence-electron chi connectivity index (χ2n) is 15.0. The molecule has 2 N–H and O–H groups in total. The molecule has 0 spiro atoms. The van der Waals surface area contributed by atoms with Crippen molar-refractivity contribution in [3.8, 4) is 23.5 Å². The van der Waals surface area contributed by atoms with E-state index in [4.69, 9.17) is 6.42 Å². The predicted octanol–water partition coefficient (Wildman–Crippen LogP) is 8.59. The number of rotatable bonds is 11. The normalized spacial score (nSPS) is 17.1. The summed E-state index contributed by atoms with van der Waals surface area (Å²) in [6.45, 7) is 7.63. The fourth-order valence-corrected chi connectivity index (χ4v) is 8.27. The number of halogens is 6. The minimum Gasteiger partial charge on any atom is -0.481 e. The summed E-state index contributed by atoms with van der Waals surface area (Å²) in [5, 5.41) is 12.3. The number of amides is 1. The summed E-state index contributed by atoms with van der Waals surface area (Å²) in [6, 6.07) is 0.868. The van der Waals surface area contributed by atoms with Gasteiger partial charge in [0.1, 0.15) is 23.5 Å². The van der Waals surface area contributed by atoms with Crippen LogP contribution in [0.1, 0.15) is 117 Å². The zero-order chi connectivity index (χ0) is 39.6. The first-order chi connectivity index (χ1) is 25.4. The summed E-state index contributed by atoms with van der Waals surface area (Å²) >= 11 is 0. The summed E-state index contributed by atoms with van der Waals surface area (Å²) in [5.41, 5.74) is -3.12. The number of hydrogen-bond acceptors (Lipinski definition) is 4. The van der Waals surface area contributed by atoms with E-state index in [9.17, 15) is 37.1 Å². The molecule has 0 radical (unpaired) electrons. The van der Waals surface area contributed by atoms with Crippen LogP contribution in [0.25, 0.3) is 11.1 Å². The third-order valence-electron chi connectivity index (χ3n) is 10.8. The van der Waals surface area contributed by atoms with Gasteiger partial charge >= 0.3 is 12.1 Å². The van der Waals surface area contributed by atoms with E-state index in [1.54, 1.807) is 13.8 Å². The number of carboxylic acid groups (broad SMARTS) is 1. The number of carboxylic acids is 1. The molecule has 2 fully saturated rings. The highest BCUT2D eigenvalue weighted by atomic mass is 19.4. The van der Waals surface area contributed by atoms with Crippen LogP contribution in [0.5, 0.6) is 0 Å². The molecule has 0 bridgehead atoms. The van der Waals surface area contributed by atoms with Gasteiger partial charge < -0.3 is 19.9 Å². The molecule has 2 heterocycles. The first-order valence-electron chi connectivity index (χ1n) is 18.3. The Balaban J connectivity index is 1.58. The smallest absolute Gasteiger partial charge is 0.416 e. The van der Waals surface area contributed by atoms with Gasteiger partial charge in [-0.3, -0.25) is 14.4 Å². The molecule has 1 amide bonds. The number of nitrogens with zero attached hydrogens (tertiary/aromatic N) is 2. The van der Waals surface area contributed by atoms with Crippen molar-refractivity contribution in [3.05, 3.63) is 91.6 Å². The molecule has 290 valence electrons. The fraction of sp³-hybridized carbons (Fsp3) is 0.488. The van der Waals surface area contributed by atoms with E-state index in [2.05, 4.69) is 16.1 Å². The summed E-state index contributed by atoms with van der Waals surface area (Å²) in [7, 11) is 0. The average Bonchev–Trinajstić information content (AvgIpc) is 3.62. The van der Waals surface area contributed by atoms with Crippen LogP contribution in [0.15, 0.2) is 35.3 Å². The maximum atomic E-state index is 16.6. The van der Waals surface area contributed by atoms with E-state index in [0.717, 1.165) is 54.6 Å². The number of nitrogens with one attached hydrogen (secondary N) is 1. The number of carbonyl (C=O) groups excluding carboxylic acids is 1. The minimum atomic E-state index is -4.85. The standard InChI is InChI=1S/C41H45F6N3O4/c1-6-25-18-29(36-23(4)16-27(42)17-24(36)5)39(44)37(38(25)43)32(20-35(52)53)48-40(54)33(15-22(2)3)50-21-30(31(19-34(50)51)41(45,46)47)26-11-13-49(14-12-26)28-9-7-8-10-28/h1,16-19,21-22,26,28,32-33H,7-15,20H2,2-5H3,(H,48,54)(H,52,53)/t32-,33+/m0/s1. The van der Waals surface area contributed by atoms with Gasteiger partial charge in [0.15, 0.2) is 0 Å². The lowest BCUT2D eigenvalue weighted by molar-refractivity contribution is -0.139. The highest BCUT2D eigenvalue weighted by molar-refractivity contribution is 5.82. The number of pyridine rings is 1. The third-order valence-corrected chi connectivity index (χ3v) is 10.8. The van der Waals surface area contributed by atoms with Gasteiger partial charge in [0.25, 0.3) is 5.56 Å². The van der Waals surface area contributed by atoms with Crippen molar-refractivity contribution in [2.24, 2.45) is 5.92 Å². The number of alkyl halides is 3. The highest BCUT2D eigenvalue weighted by Crippen LogP contribution is 2.41. The van der Waals surface area contributed by atoms with Crippen LogP contribution in [0.3, 0.4) is 0 Å². The number of aliphatic carboxylic acids is 1. The number of aryl methyl sites for hydroxylation is 2. The Bertz CT molecular complexity index is 1980. The number of terminal acetylenes is 1. The zero-order valence-electron chi connectivity index (χ0n) is 30.8. The second kappa shape index (κ2) is 16.4. The largest absolute Gasteiger partial charge is 0.481 e. The van der Waals surface area contributed by atoms with Gasteiger partial charge in [-0.25, -0.2) is 13.2 Å². The van der Waals surface area contributed by atoms with Crippen LogP contribution in [-0.2, 0) is 15.8 Å². The molecular formula is C41H45F6N3O4. The van der Waals surface area contributed by atoms with Gasteiger partial charge in [0.05, 0.1) is 23.6 Å². The number of piperidine rings is 1. The Morgan fingerprint density at radius 2 is 1.59 bits per heavy atom. The fourth-order valence-electron chi connectivity index (χ4n) is 8.27. The van der Waals surface area contributed by atoms with Crippen molar-refractivity contribution in [2.45, 2.75) is 109 Å². The first-order valence-corrected chi connectivity index (χ1v) is 18.3. The van der Waals surface area contributed by atoms with E-state index >= 15 is 8.78 Å². The van der Waals surface area contributed by atoms with Crippen molar-refractivity contribution in [1.29, 1.82) is 0 Å². The molecule has 1 aromatic heterocycles. The zero-order valence-corrected chi connectivity index (χ0v) is 30.8. The molecule has 1 aliphatic carbocycles. The monoisotopic (exact) mass is 757 g/mol. The Morgan fingerprint density at radius 1 is 0.981 bits per heavy atom. The molecule has 0 unspecified atom stereocenters. The van der Waals surface area contributed by atoms with Crippen molar-refractivity contribution in [3.63, 3.8) is 0 Å². The number of hydrogen-bond donors (Lipinski definition) is 2. The second-order valence-corrected chi connectivity index (χ2v) is 15.0. The lowest BCUT2D eigenvalue weighted by Gasteiger charge is -2.37. The van der Waals surface area contributed by atoms with Gasteiger partial charge in [-0.2, -0.15) is 13.2 Å². The molecule has 2 atom stereocenters. The Hall–Kier alpha value is -4.57. The minimum absolute atomic E-state index is 0.0783. The number of carbonyl (C=O) groups is 2. The highest BCUT2D eigenvalue weighted by Gasteiger charge is 2.39. The quantitative estimate of drug-likeness (QED) is 0.151. The van der Waals surface area contributed by atoms with Crippen LogP contribution in [0.4, 0.5) is 26.3 Å². The van der Waals surface area contributed by atoms with Crippen molar-refractivity contribution in [2.75, 3.05) is 13.1 Å². The molecule has 5 rings (SSSR count). The number of benzene rings is 2. The van der Waals surface area contributed by atoms with Gasteiger partial charge in [0.2, 0.25) is 5.91 Å². The molecule has 13 heteroatoms. The van der Waals surface area contributed by atoms with Crippen LogP contribution in [0.2, 0.25) is 0 Å². The van der Waals surface area contributed by atoms with Crippen molar-refractivity contribution < 1.29 is 41.0 Å². The summed E-state index contributed by atoms with van der Waals surface area (Å²) < 4.78 is 91.1. The average molecular weight is 758 g/mol. The van der Waals surface area contributed by atoms with Gasteiger partial charge in [0, 0.05) is 29.4 Å². The van der Waals surface area contributed by atoms with E-state index in [-0.39, 0.29) is 40.2 Å². The molecule has 1 saturated heterocycles. The molecule has 54 heavy (non-hydrogen) atoms. The first kappa shape index (κ1) is 40.6. The van der Waals surface area contributed by atoms with Crippen molar-refractivity contribution >= 4 is 11.9 Å². The molecular weight excluding hydrogens is 712 g/mol. The Morgan fingerprint density at radius 3 is 2.13 bits per heavy atom. The van der Waals surface area contributed by atoms with Crippen LogP contribution < -0.4 is 10.9 Å². The van der Waals surface area contributed by atoms with Gasteiger partial charge in [-0.05, 0) is 111 Å². The maximum Gasteiger partial charge on any atom is 0.416 e. The van der Waals surface area contributed by atoms with E-state index < -0.39 is 82.2 Å². The Kier molecular flexibility index (Phi) is 12.4. The summed E-state index contributed by atoms with van der Waals surface area (Å²) in [5.74, 6) is -4.45. The lowest BCUT2D eigenvalue weighted by Crippen LogP contribution is -2.42. The maximum absolute atomic E-state index is 16.6. The molecule has 1 saturated carbocycles. The lowest BCUT2D eigenvalue weighted by atomic mass is 9.86. The SMILES string of the molecule is C#Cc1cc(-c2c(C)cc(F)cc2C)c(F)c([C@H](CC(=O)O)NC(=O)[C@@H](CC(C)C)n2cc(C3CCN(C4CCCC4)CC3)c(C(F)(F)F)cc2=O)c1F.